The van der Waals surface area contributed by atoms with Crippen molar-refractivity contribution in [2.75, 3.05) is 32.8 Å². The monoisotopic (exact) mass is 363 g/mol. The Kier molecular flexibility index (Phi) is 5.29. The van der Waals surface area contributed by atoms with Crippen LogP contribution in [0, 0.1) is 6.92 Å². The molecular weight excluding hydrogens is 338 g/mol. The Morgan fingerprint density at radius 3 is 2.62 bits per heavy atom. The molecule has 2 saturated heterocycles. The number of aromatic nitrogens is 1. The molecule has 0 radical (unpaired) electrons. The number of thiazole rings is 1. The fraction of sp³-hybridized carbons (Fsp3) is 0.611. The van der Waals surface area contributed by atoms with Gasteiger partial charge in [0.15, 0.2) is 0 Å². The van der Waals surface area contributed by atoms with Gasteiger partial charge in [-0.15, -0.1) is 22.7 Å². The number of hydrogen-bond donors (Lipinski definition) is 0. The number of piperazine rings is 1. The van der Waals surface area contributed by atoms with Crippen LogP contribution in [0.2, 0.25) is 0 Å². The highest BCUT2D eigenvalue weighted by atomic mass is 32.1. The lowest BCUT2D eigenvalue weighted by Crippen LogP contribution is -2.45. The summed E-state index contributed by atoms with van der Waals surface area (Å²) in [5.74, 6) is 0. The SMILES string of the molecule is Cc1nc(CN2CCN(Cc3ccc([C@H]4CCCO4)s3)CC2)cs1. The van der Waals surface area contributed by atoms with Gasteiger partial charge in [0.25, 0.3) is 0 Å². The average Bonchev–Trinajstić information content (AvgIpc) is 3.31. The van der Waals surface area contributed by atoms with Gasteiger partial charge in [0.1, 0.15) is 0 Å². The summed E-state index contributed by atoms with van der Waals surface area (Å²) in [5.41, 5.74) is 1.23. The van der Waals surface area contributed by atoms with Gasteiger partial charge < -0.3 is 4.74 Å². The Hall–Kier alpha value is -0.790. The van der Waals surface area contributed by atoms with Crippen LogP contribution in [-0.2, 0) is 17.8 Å². The van der Waals surface area contributed by atoms with E-state index in [0.717, 1.165) is 45.9 Å². The smallest absolute Gasteiger partial charge is 0.0917 e. The Balaban J connectivity index is 1.25. The predicted molar refractivity (Wildman–Crippen MR) is 99.7 cm³/mol. The zero-order valence-electron chi connectivity index (χ0n) is 14.2. The minimum Gasteiger partial charge on any atom is -0.373 e. The van der Waals surface area contributed by atoms with Gasteiger partial charge in [-0.1, -0.05) is 0 Å². The Morgan fingerprint density at radius 1 is 1.17 bits per heavy atom. The van der Waals surface area contributed by atoms with Crippen LogP contribution >= 0.6 is 22.7 Å². The molecule has 4 rings (SSSR count). The first-order valence-electron chi connectivity index (χ1n) is 8.82. The van der Waals surface area contributed by atoms with E-state index in [1.807, 2.05) is 11.3 Å². The normalized spacial score (nSPS) is 23.1. The molecule has 0 saturated carbocycles. The summed E-state index contributed by atoms with van der Waals surface area (Å²) in [6.45, 7) is 9.67. The second-order valence-corrected chi connectivity index (χ2v) is 8.98. The molecule has 0 unspecified atom stereocenters. The molecular formula is C18H25N3OS2. The van der Waals surface area contributed by atoms with Crippen LogP contribution in [-0.4, -0.2) is 47.6 Å². The molecule has 4 heterocycles. The van der Waals surface area contributed by atoms with Crippen molar-refractivity contribution < 1.29 is 4.74 Å². The Morgan fingerprint density at radius 2 is 1.96 bits per heavy atom. The van der Waals surface area contributed by atoms with E-state index >= 15 is 0 Å². The van der Waals surface area contributed by atoms with Gasteiger partial charge in [-0.25, -0.2) is 4.98 Å². The summed E-state index contributed by atoms with van der Waals surface area (Å²) < 4.78 is 5.80. The van der Waals surface area contributed by atoms with Crippen LogP contribution in [0.1, 0.15) is 39.4 Å². The van der Waals surface area contributed by atoms with Crippen LogP contribution in [0.4, 0.5) is 0 Å². The number of aryl methyl sites for hydroxylation is 1. The van der Waals surface area contributed by atoms with Crippen molar-refractivity contribution >= 4 is 22.7 Å². The van der Waals surface area contributed by atoms with Gasteiger partial charge in [0.05, 0.1) is 16.8 Å². The molecule has 24 heavy (non-hydrogen) atoms. The van der Waals surface area contributed by atoms with Crippen LogP contribution in [0.5, 0.6) is 0 Å². The lowest BCUT2D eigenvalue weighted by molar-refractivity contribution is 0.114. The molecule has 4 nitrogen and oxygen atoms in total. The van der Waals surface area contributed by atoms with Gasteiger partial charge in [0, 0.05) is 61.0 Å². The van der Waals surface area contributed by atoms with Gasteiger partial charge in [-0.05, 0) is 31.9 Å². The van der Waals surface area contributed by atoms with E-state index in [1.165, 1.54) is 33.3 Å². The van der Waals surface area contributed by atoms with Crippen molar-refractivity contribution in [3.63, 3.8) is 0 Å². The van der Waals surface area contributed by atoms with Gasteiger partial charge >= 0.3 is 0 Å². The lowest BCUT2D eigenvalue weighted by atomic mass is 10.2. The predicted octanol–water partition coefficient (Wildman–Crippen LogP) is 3.68. The van der Waals surface area contributed by atoms with Crippen LogP contribution in [0.3, 0.4) is 0 Å². The third-order valence-electron chi connectivity index (χ3n) is 4.83. The Labute approximate surface area is 152 Å². The lowest BCUT2D eigenvalue weighted by Gasteiger charge is -2.34. The molecule has 2 aromatic rings. The van der Waals surface area contributed by atoms with E-state index in [2.05, 4.69) is 39.2 Å². The minimum atomic E-state index is 0.363. The summed E-state index contributed by atoms with van der Waals surface area (Å²) in [5, 5.41) is 3.36. The van der Waals surface area contributed by atoms with E-state index in [9.17, 15) is 0 Å². The van der Waals surface area contributed by atoms with Crippen molar-refractivity contribution in [3.05, 3.63) is 38.0 Å². The summed E-state index contributed by atoms with van der Waals surface area (Å²) in [6, 6.07) is 4.57. The first-order valence-corrected chi connectivity index (χ1v) is 10.5. The van der Waals surface area contributed by atoms with Crippen LogP contribution in [0.25, 0.3) is 0 Å². The molecule has 0 bridgehead atoms. The molecule has 130 valence electrons. The Bertz CT molecular complexity index is 655. The van der Waals surface area contributed by atoms with E-state index in [1.54, 1.807) is 11.3 Å². The molecule has 2 aliphatic rings. The van der Waals surface area contributed by atoms with Crippen LogP contribution in [0.15, 0.2) is 17.5 Å². The van der Waals surface area contributed by atoms with Crippen molar-refractivity contribution in [1.82, 2.24) is 14.8 Å². The van der Waals surface area contributed by atoms with Gasteiger partial charge in [-0.3, -0.25) is 9.80 Å². The second-order valence-electron chi connectivity index (χ2n) is 6.72. The fourth-order valence-electron chi connectivity index (χ4n) is 3.49. The third-order valence-corrected chi connectivity index (χ3v) is 6.81. The van der Waals surface area contributed by atoms with E-state index in [4.69, 9.17) is 4.74 Å². The number of rotatable bonds is 5. The quantitative estimate of drug-likeness (QED) is 0.810. The maximum absolute atomic E-state index is 5.80. The highest BCUT2D eigenvalue weighted by Crippen LogP contribution is 2.33. The number of hydrogen-bond acceptors (Lipinski definition) is 6. The molecule has 2 aliphatic heterocycles. The van der Waals surface area contributed by atoms with Gasteiger partial charge in [-0.2, -0.15) is 0 Å². The third kappa shape index (κ3) is 4.06. The first-order chi connectivity index (χ1) is 11.8. The minimum absolute atomic E-state index is 0.363. The second kappa shape index (κ2) is 7.62. The number of ether oxygens (including phenoxy) is 1. The molecule has 0 spiro atoms. The van der Waals surface area contributed by atoms with Crippen LogP contribution < -0.4 is 0 Å². The standard InChI is InChI=1S/C18H25N3OS2/c1-14-19-15(13-23-14)11-20-6-8-21(9-7-20)12-16-4-5-18(24-16)17-3-2-10-22-17/h4-5,13,17H,2-3,6-12H2,1H3/t17-/m1/s1. The zero-order valence-corrected chi connectivity index (χ0v) is 15.9. The highest BCUT2D eigenvalue weighted by Gasteiger charge is 2.21. The van der Waals surface area contributed by atoms with E-state index in [-0.39, 0.29) is 0 Å². The summed E-state index contributed by atoms with van der Waals surface area (Å²) in [7, 11) is 0. The topological polar surface area (TPSA) is 28.6 Å². The summed E-state index contributed by atoms with van der Waals surface area (Å²) in [6.07, 6.45) is 2.76. The molecule has 6 heteroatoms. The number of nitrogens with zero attached hydrogens (tertiary/aromatic N) is 3. The van der Waals surface area contributed by atoms with Crippen molar-refractivity contribution in [1.29, 1.82) is 0 Å². The molecule has 2 fully saturated rings. The number of thiophene rings is 1. The largest absolute Gasteiger partial charge is 0.373 e. The molecule has 0 amide bonds. The maximum atomic E-state index is 5.80. The van der Waals surface area contributed by atoms with Gasteiger partial charge in [0.2, 0.25) is 0 Å². The molecule has 0 aliphatic carbocycles. The molecule has 0 N–H and O–H groups in total. The fourth-order valence-corrected chi connectivity index (χ4v) is 5.23. The van der Waals surface area contributed by atoms with Crippen molar-refractivity contribution in [2.45, 2.75) is 39.0 Å². The zero-order chi connectivity index (χ0) is 16.4. The average molecular weight is 364 g/mol. The molecule has 2 aromatic heterocycles. The molecule has 0 aromatic carbocycles. The molecule has 1 atom stereocenters. The first kappa shape index (κ1) is 16.7. The highest BCUT2D eigenvalue weighted by molar-refractivity contribution is 7.12. The van der Waals surface area contributed by atoms with E-state index in [0.29, 0.717) is 6.10 Å². The van der Waals surface area contributed by atoms with E-state index < -0.39 is 0 Å². The maximum Gasteiger partial charge on any atom is 0.0917 e. The summed E-state index contributed by atoms with van der Waals surface area (Å²) >= 11 is 3.69. The van der Waals surface area contributed by atoms with Crippen molar-refractivity contribution in [3.8, 4) is 0 Å². The summed E-state index contributed by atoms with van der Waals surface area (Å²) in [4.78, 5) is 12.6. The van der Waals surface area contributed by atoms with Crippen molar-refractivity contribution in [2.24, 2.45) is 0 Å².